The molecule has 0 radical (unpaired) electrons. The van der Waals surface area contributed by atoms with Crippen molar-refractivity contribution in [2.75, 3.05) is 28.3 Å². The zero-order valence-corrected chi connectivity index (χ0v) is 9.77. The Labute approximate surface area is 94.2 Å². The molecule has 16 heavy (non-hydrogen) atoms. The number of phenols is 1. The normalized spacial score (nSPS) is 9.75. The molecular weight excluding hydrogens is 210 g/mol. The van der Waals surface area contributed by atoms with Gasteiger partial charge in [-0.05, 0) is 6.07 Å². The van der Waals surface area contributed by atoms with E-state index in [1.807, 2.05) is 0 Å². The number of benzene rings is 1. The first-order chi connectivity index (χ1) is 7.51. The molecule has 0 atom stereocenters. The summed E-state index contributed by atoms with van der Waals surface area (Å²) >= 11 is 0. The third-order valence-corrected chi connectivity index (χ3v) is 2.14. The summed E-state index contributed by atoms with van der Waals surface area (Å²) in [6.45, 7) is 0. The third kappa shape index (κ3) is 2.18. The van der Waals surface area contributed by atoms with Gasteiger partial charge in [-0.15, -0.1) is 0 Å². The Balaban J connectivity index is 3.31. The maximum atomic E-state index is 11.8. The Hall–Kier alpha value is -1.91. The summed E-state index contributed by atoms with van der Waals surface area (Å²) in [5.41, 5.74) is 0.154. The van der Waals surface area contributed by atoms with Gasteiger partial charge in [-0.25, -0.2) is 0 Å². The van der Waals surface area contributed by atoms with Crippen molar-refractivity contribution in [3.05, 3.63) is 17.7 Å². The molecule has 0 saturated heterocycles. The van der Waals surface area contributed by atoms with Crippen LogP contribution < -0.4 is 9.47 Å². The molecule has 1 aromatic rings. The molecule has 1 N–H and O–H groups in total. The fraction of sp³-hybridized carbons (Fsp3) is 0.364. The third-order valence-electron chi connectivity index (χ3n) is 2.14. The Morgan fingerprint density at radius 3 is 2.31 bits per heavy atom. The van der Waals surface area contributed by atoms with E-state index in [-0.39, 0.29) is 23.0 Å². The van der Waals surface area contributed by atoms with Crippen LogP contribution in [0.2, 0.25) is 0 Å². The van der Waals surface area contributed by atoms with Gasteiger partial charge >= 0.3 is 0 Å². The van der Waals surface area contributed by atoms with Crippen LogP contribution in [0.15, 0.2) is 12.1 Å². The standard InChI is InChI=1S/C11H15NO4/c1-12(2)11(14)8-5-7(15-3)6-9(16-4)10(8)13/h5-6,13H,1-4H3. The first kappa shape index (κ1) is 12.2. The fourth-order valence-electron chi connectivity index (χ4n) is 1.26. The predicted octanol–water partition coefficient (Wildman–Crippen LogP) is 1.11. The molecule has 0 saturated carbocycles. The number of carbonyl (C=O) groups excluding carboxylic acids is 1. The van der Waals surface area contributed by atoms with Crippen LogP contribution in [0.1, 0.15) is 10.4 Å². The van der Waals surface area contributed by atoms with Gasteiger partial charge < -0.3 is 19.5 Å². The Morgan fingerprint density at radius 2 is 1.88 bits per heavy atom. The van der Waals surface area contributed by atoms with Crippen molar-refractivity contribution < 1.29 is 19.4 Å². The van der Waals surface area contributed by atoms with Gasteiger partial charge in [0.25, 0.3) is 5.91 Å². The first-order valence-electron chi connectivity index (χ1n) is 4.68. The van der Waals surface area contributed by atoms with E-state index in [9.17, 15) is 9.90 Å². The molecule has 5 nitrogen and oxygen atoms in total. The van der Waals surface area contributed by atoms with Gasteiger partial charge in [0.05, 0.1) is 19.8 Å². The lowest BCUT2D eigenvalue weighted by Gasteiger charge is -2.14. The van der Waals surface area contributed by atoms with Gasteiger partial charge in [-0.2, -0.15) is 0 Å². The topological polar surface area (TPSA) is 59.0 Å². The zero-order valence-electron chi connectivity index (χ0n) is 9.77. The summed E-state index contributed by atoms with van der Waals surface area (Å²) in [4.78, 5) is 13.1. The Morgan fingerprint density at radius 1 is 1.25 bits per heavy atom. The number of ether oxygens (including phenoxy) is 2. The van der Waals surface area contributed by atoms with Crippen LogP contribution >= 0.6 is 0 Å². The molecule has 0 aliphatic carbocycles. The van der Waals surface area contributed by atoms with Crippen molar-refractivity contribution in [1.82, 2.24) is 4.90 Å². The van der Waals surface area contributed by atoms with E-state index < -0.39 is 0 Å². The molecule has 88 valence electrons. The average molecular weight is 225 g/mol. The van der Waals surface area contributed by atoms with Gasteiger partial charge in [0, 0.05) is 20.2 Å². The number of rotatable bonds is 3. The molecule has 0 fully saturated rings. The molecule has 0 aromatic heterocycles. The highest BCUT2D eigenvalue weighted by Crippen LogP contribution is 2.34. The summed E-state index contributed by atoms with van der Waals surface area (Å²) in [5.74, 6) is 0.182. The quantitative estimate of drug-likeness (QED) is 0.837. The minimum Gasteiger partial charge on any atom is -0.504 e. The number of nitrogens with zero attached hydrogens (tertiary/aromatic N) is 1. The molecule has 0 spiro atoms. The zero-order chi connectivity index (χ0) is 12.3. The minimum atomic E-state index is -0.310. The van der Waals surface area contributed by atoms with Crippen LogP contribution in [-0.4, -0.2) is 44.2 Å². The molecule has 1 amide bonds. The van der Waals surface area contributed by atoms with E-state index in [4.69, 9.17) is 9.47 Å². The second-order valence-electron chi connectivity index (χ2n) is 3.43. The molecule has 5 heteroatoms. The van der Waals surface area contributed by atoms with Crippen LogP contribution in [0.4, 0.5) is 0 Å². The highest BCUT2D eigenvalue weighted by Gasteiger charge is 2.18. The highest BCUT2D eigenvalue weighted by molar-refractivity contribution is 5.97. The van der Waals surface area contributed by atoms with E-state index in [2.05, 4.69) is 0 Å². The second-order valence-corrected chi connectivity index (χ2v) is 3.43. The van der Waals surface area contributed by atoms with E-state index in [0.717, 1.165) is 0 Å². The number of methoxy groups -OCH3 is 2. The Kier molecular flexibility index (Phi) is 3.60. The lowest BCUT2D eigenvalue weighted by molar-refractivity contribution is 0.0823. The molecule has 0 heterocycles. The van der Waals surface area contributed by atoms with Crippen molar-refractivity contribution in [2.45, 2.75) is 0 Å². The number of aromatic hydroxyl groups is 1. The molecule has 1 aromatic carbocycles. The first-order valence-corrected chi connectivity index (χ1v) is 4.68. The van der Waals surface area contributed by atoms with Crippen molar-refractivity contribution in [3.8, 4) is 17.2 Å². The van der Waals surface area contributed by atoms with Crippen LogP contribution in [-0.2, 0) is 0 Å². The summed E-state index contributed by atoms with van der Waals surface area (Å²) in [6, 6.07) is 2.99. The molecule has 0 unspecified atom stereocenters. The van der Waals surface area contributed by atoms with Crippen molar-refractivity contribution >= 4 is 5.91 Å². The van der Waals surface area contributed by atoms with Gasteiger partial charge in [0.2, 0.25) is 0 Å². The smallest absolute Gasteiger partial charge is 0.257 e. The summed E-state index contributed by atoms with van der Waals surface area (Å²) < 4.78 is 9.98. The van der Waals surface area contributed by atoms with Crippen molar-refractivity contribution in [3.63, 3.8) is 0 Å². The average Bonchev–Trinajstić information content (AvgIpc) is 2.28. The monoisotopic (exact) mass is 225 g/mol. The van der Waals surface area contributed by atoms with Crippen LogP contribution in [0, 0.1) is 0 Å². The number of hydrogen-bond donors (Lipinski definition) is 1. The van der Waals surface area contributed by atoms with E-state index >= 15 is 0 Å². The molecule has 1 rings (SSSR count). The fourth-order valence-corrected chi connectivity index (χ4v) is 1.26. The maximum absolute atomic E-state index is 11.8. The van der Waals surface area contributed by atoms with Crippen LogP contribution in [0.25, 0.3) is 0 Å². The number of hydrogen-bond acceptors (Lipinski definition) is 4. The number of phenolic OH excluding ortho intramolecular Hbond substituents is 1. The van der Waals surface area contributed by atoms with E-state index in [1.54, 1.807) is 14.1 Å². The predicted molar refractivity (Wildman–Crippen MR) is 59.2 cm³/mol. The molecular formula is C11H15NO4. The van der Waals surface area contributed by atoms with Gasteiger partial charge in [0.15, 0.2) is 11.5 Å². The number of carbonyl (C=O) groups is 1. The number of amides is 1. The van der Waals surface area contributed by atoms with Crippen LogP contribution in [0.3, 0.4) is 0 Å². The lowest BCUT2D eigenvalue weighted by atomic mass is 10.1. The molecule has 0 aliphatic rings. The largest absolute Gasteiger partial charge is 0.504 e. The van der Waals surface area contributed by atoms with Gasteiger partial charge in [0.1, 0.15) is 5.75 Å². The second kappa shape index (κ2) is 4.74. The lowest BCUT2D eigenvalue weighted by Crippen LogP contribution is -2.21. The SMILES string of the molecule is COc1cc(OC)c(O)c(C(=O)N(C)C)c1. The maximum Gasteiger partial charge on any atom is 0.257 e. The Bertz CT molecular complexity index is 401. The van der Waals surface area contributed by atoms with Gasteiger partial charge in [-0.3, -0.25) is 4.79 Å². The van der Waals surface area contributed by atoms with Crippen molar-refractivity contribution in [1.29, 1.82) is 0 Å². The molecule has 0 aliphatic heterocycles. The van der Waals surface area contributed by atoms with Crippen molar-refractivity contribution in [2.24, 2.45) is 0 Å². The van der Waals surface area contributed by atoms with Gasteiger partial charge in [-0.1, -0.05) is 0 Å². The van der Waals surface area contributed by atoms with E-state index in [1.165, 1.54) is 31.3 Å². The summed E-state index contributed by atoms with van der Waals surface area (Å²) in [6.07, 6.45) is 0. The van der Waals surface area contributed by atoms with Crippen LogP contribution in [0.5, 0.6) is 17.2 Å². The molecule has 0 bridgehead atoms. The summed E-state index contributed by atoms with van der Waals surface area (Å²) in [7, 11) is 6.11. The summed E-state index contributed by atoms with van der Waals surface area (Å²) in [5, 5.41) is 9.80. The highest BCUT2D eigenvalue weighted by atomic mass is 16.5. The minimum absolute atomic E-state index is 0.154. The van der Waals surface area contributed by atoms with E-state index in [0.29, 0.717) is 5.75 Å².